The van der Waals surface area contributed by atoms with Crippen LogP contribution in [-0.2, 0) is 9.59 Å². The summed E-state index contributed by atoms with van der Waals surface area (Å²) in [5.74, 6) is -0.988. The number of aliphatic hydroxyl groups is 1. The Morgan fingerprint density at radius 1 is 0.946 bits per heavy atom. The second kappa shape index (κ2) is 11.3. The number of amides is 1. The van der Waals surface area contributed by atoms with Crippen molar-refractivity contribution in [3.05, 3.63) is 95.1 Å². The summed E-state index contributed by atoms with van der Waals surface area (Å²) in [7, 11) is 0. The summed E-state index contributed by atoms with van der Waals surface area (Å²) < 4.78 is 5.73. The minimum Gasteiger partial charge on any atom is -0.507 e. The van der Waals surface area contributed by atoms with Crippen molar-refractivity contribution >= 4 is 28.8 Å². The van der Waals surface area contributed by atoms with E-state index in [9.17, 15) is 14.7 Å². The Bertz CT molecular complexity index is 1310. The number of nitrogens with zero attached hydrogens (tertiary/aromatic N) is 2. The molecule has 0 aromatic heterocycles. The van der Waals surface area contributed by atoms with Crippen molar-refractivity contribution in [2.45, 2.75) is 40.2 Å². The first-order chi connectivity index (χ1) is 17.9. The smallest absolute Gasteiger partial charge is 0.300 e. The van der Waals surface area contributed by atoms with Crippen molar-refractivity contribution in [2.24, 2.45) is 0 Å². The van der Waals surface area contributed by atoms with Gasteiger partial charge in [-0.3, -0.25) is 14.5 Å². The first kappa shape index (κ1) is 26.0. The second-order valence-electron chi connectivity index (χ2n) is 9.09. The minimum absolute atomic E-state index is 0.0692. The fraction of sp³-hybridized carbons (Fsp3) is 0.290. The average Bonchev–Trinajstić information content (AvgIpc) is 3.18. The van der Waals surface area contributed by atoms with Crippen LogP contribution in [0.2, 0.25) is 0 Å². The van der Waals surface area contributed by atoms with Gasteiger partial charge in [-0.15, -0.1) is 0 Å². The predicted octanol–water partition coefficient (Wildman–Crippen LogP) is 6.26. The Morgan fingerprint density at radius 2 is 1.65 bits per heavy atom. The van der Waals surface area contributed by atoms with E-state index in [-0.39, 0.29) is 11.3 Å². The van der Waals surface area contributed by atoms with Crippen LogP contribution in [0, 0.1) is 6.92 Å². The SMILES string of the molecule is CCCOc1cccc(/C(O)=C2\C(=O)C(=O)N(c3ccc(N(CC)CC)cc3)C2c2ccccc2C)c1. The van der Waals surface area contributed by atoms with Crippen LogP contribution in [0.1, 0.15) is 49.9 Å². The zero-order valence-corrected chi connectivity index (χ0v) is 21.9. The van der Waals surface area contributed by atoms with E-state index >= 15 is 0 Å². The number of hydrogen-bond donors (Lipinski definition) is 1. The molecule has 0 spiro atoms. The van der Waals surface area contributed by atoms with Gasteiger partial charge in [0.1, 0.15) is 11.5 Å². The third-order valence-corrected chi connectivity index (χ3v) is 6.76. The van der Waals surface area contributed by atoms with Gasteiger partial charge in [0.15, 0.2) is 0 Å². The molecule has 3 aromatic carbocycles. The highest BCUT2D eigenvalue weighted by atomic mass is 16.5. The van der Waals surface area contributed by atoms with Crippen molar-refractivity contribution in [2.75, 3.05) is 29.5 Å². The second-order valence-corrected chi connectivity index (χ2v) is 9.09. The number of anilines is 2. The van der Waals surface area contributed by atoms with Crippen LogP contribution < -0.4 is 14.5 Å². The molecule has 0 radical (unpaired) electrons. The Hall–Kier alpha value is -4.06. The Labute approximate surface area is 218 Å². The minimum atomic E-state index is -0.763. The van der Waals surface area contributed by atoms with Gasteiger partial charge < -0.3 is 14.7 Å². The number of carbonyl (C=O) groups excluding carboxylic acids is 2. The highest BCUT2D eigenvalue weighted by molar-refractivity contribution is 6.51. The summed E-state index contributed by atoms with van der Waals surface area (Å²) in [6.07, 6.45) is 0.849. The average molecular weight is 499 g/mol. The van der Waals surface area contributed by atoms with Crippen LogP contribution >= 0.6 is 0 Å². The molecule has 0 aliphatic carbocycles. The molecule has 0 saturated carbocycles. The lowest BCUT2D eigenvalue weighted by Gasteiger charge is -2.27. The van der Waals surface area contributed by atoms with Crippen LogP contribution in [0.4, 0.5) is 11.4 Å². The third-order valence-electron chi connectivity index (χ3n) is 6.76. The third kappa shape index (κ3) is 5.10. The molecule has 1 N–H and O–H groups in total. The number of aryl methyl sites for hydroxylation is 1. The van der Waals surface area contributed by atoms with E-state index in [1.165, 1.54) is 4.90 Å². The molecule has 1 aliphatic heterocycles. The van der Waals surface area contributed by atoms with Crippen LogP contribution in [0.3, 0.4) is 0 Å². The highest BCUT2D eigenvalue weighted by Gasteiger charge is 2.47. The molecule has 1 heterocycles. The number of aliphatic hydroxyl groups excluding tert-OH is 1. The first-order valence-electron chi connectivity index (χ1n) is 12.9. The largest absolute Gasteiger partial charge is 0.507 e. The number of hydrogen-bond acceptors (Lipinski definition) is 5. The fourth-order valence-corrected chi connectivity index (χ4v) is 4.81. The maximum Gasteiger partial charge on any atom is 0.300 e. The van der Waals surface area contributed by atoms with E-state index < -0.39 is 17.7 Å². The van der Waals surface area contributed by atoms with Gasteiger partial charge in [0.2, 0.25) is 0 Å². The number of Topliss-reactive ketones (excluding diaryl/α,β-unsaturated/α-hetero) is 1. The molecule has 6 nitrogen and oxygen atoms in total. The summed E-state index contributed by atoms with van der Waals surface area (Å²) in [6, 6.07) is 21.5. The van der Waals surface area contributed by atoms with Crippen LogP contribution in [0.15, 0.2) is 78.4 Å². The van der Waals surface area contributed by atoms with E-state index in [0.29, 0.717) is 23.6 Å². The van der Waals surface area contributed by atoms with E-state index in [4.69, 9.17) is 4.74 Å². The van der Waals surface area contributed by atoms with Crippen molar-refractivity contribution < 1.29 is 19.4 Å². The summed E-state index contributed by atoms with van der Waals surface area (Å²) in [4.78, 5) is 30.7. The van der Waals surface area contributed by atoms with Gasteiger partial charge in [-0.2, -0.15) is 0 Å². The molecule has 37 heavy (non-hydrogen) atoms. The van der Waals surface area contributed by atoms with E-state index in [0.717, 1.165) is 36.3 Å². The quantitative estimate of drug-likeness (QED) is 0.214. The normalized spacial score (nSPS) is 16.8. The maximum atomic E-state index is 13.5. The number of rotatable bonds is 9. The lowest BCUT2D eigenvalue weighted by molar-refractivity contribution is -0.132. The van der Waals surface area contributed by atoms with Gasteiger partial charge in [0.25, 0.3) is 11.7 Å². The molecule has 1 unspecified atom stereocenters. The summed E-state index contributed by atoms with van der Waals surface area (Å²) in [5, 5.41) is 11.4. The Kier molecular flexibility index (Phi) is 7.97. The lowest BCUT2D eigenvalue weighted by Crippen LogP contribution is -2.30. The molecule has 3 aromatic rings. The molecule has 0 bridgehead atoms. The highest BCUT2D eigenvalue weighted by Crippen LogP contribution is 2.43. The molecule has 1 saturated heterocycles. The van der Waals surface area contributed by atoms with Crippen LogP contribution in [0.25, 0.3) is 5.76 Å². The Morgan fingerprint density at radius 3 is 2.30 bits per heavy atom. The van der Waals surface area contributed by atoms with Crippen LogP contribution in [-0.4, -0.2) is 36.5 Å². The molecule has 192 valence electrons. The summed E-state index contributed by atoms with van der Waals surface area (Å²) in [5.41, 5.74) is 3.85. The molecule has 1 atom stereocenters. The molecular formula is C31H34N2O4. The molecule has 1 fully saturated rings. The number of ketones is 1. The van der Waals surface area contributed by atoms with E-state index in [2.05, 4.69) is 18.7 Å². The van der Waals surface area contributed by atoms with Crippen molar-refractivity contribution in [1.82, 2.24) is 0 Å². The first-order valence-corrected chi connectivity index (χ1v) is 12.9. The van der Waals surface area contributed by atoms with Gasteiger partial charge in [-0.05, 0) is 74.7 Å². The van der Waals surface area contributed by atoms with E-state index in [1.807, 2.05) is 62.4 Å². The summed E-state index contributed by atoms with van der Waals surface area (Å²) >= 11 is 0. The monoisotopic (exact) mass is 498 g/mol. The van der Waals surface area contributed by atoms with Gasteiger partial charge in [0, 0.05) is 30.0 Å². The van der Waals surface area contributed by atoms with Gasteiger partial charge in [-0.25, -0.2) is 0 Å². The van der Waals surface area contributed by atoms with Crippen molar-refractivity contribution in [3.63, 3.8) is 0 Å². The van der Waals surface area contributed by atoms with Gasteiger partial charge in [-0.1, -0.05) is 43.3 Å². The Balaban J connectivity index is 1.86. The number of ether oxygens (including phenoxy) is 1. The van der Waals surface area contributed by atoms with Crippen molar-refractivity contribution in [1.29, 1.82) is 0 Å². The lowest BCUT2D eigenvalue weighted by atomic mass is 9.92. The van der Waals surface area contributed by atoms with E-state index in [1.54, 1.807) is 24.3 Å². The standard InChI is InChI=1S/C31H34N2O4/c1-5-19-37-25-13-10-12-22(20-25)29(34)27-28(26-14-9-8-11-21(26)4)33(31(36)30(27)35)24-17-15-23(16-18-24)32(6-2)7-3/h8-18,20,28,34H,5-7,19H2,1-4H3/b29-27+. The molecule has 6 heteroatoms. The van der Waals surface area contributed by atoms with Crippen LogP contribution in [0.5, 0.6) is 5.75 Å². The predicted molar refractivity (Wildman–Crippen MR) is 148 cm³/mol. The molecule has 4 rings (SSSR count). The zero-order valence-electron chi connectivity index (χ0n) is 21.9. The summed E-state index contributed by atoms with van der Waals surface area (Å²) in [6.45, 7) is 10.4. The number of benzene rings is 3. The maximum absolute atomic E-state index is 13.5. The zero-order chi connectivity index (χ0) is 26.5. The fourth-order valence-electron chi connectivity index (χ4n) is 4.81. The van der Waals surface area contributed by atoms with Gasteiger partial charge >= 0.3 is 0 Å². The van der Waals surface area contributed by atoms with Crippen molar-refractivity contribution in [3.8, 4) is 5.75 Å². The number of carbonyl (C=O) groups is 2. The van der Waals surface area contributed by atoms with Gasteiger partial charge in [0.05, 0.1) is 18.2 Å². The molecule has 1 amide bonds. The molecule has 1 aliphatic rings. The topological polar surface area (TPSA) is 70.1 Å². The molecular weight excluding hydrogens is 464 g/mol.